The lowest BCUT2D eigenvalue weighted by atomic mass is 9.67. The Bertz CT molecular complexity index is 804. The van der Waals surface area contributed by atoms with Crippen LogP contribution in [-0.4, -0.2) is 34.8 Å². The summed E-state index contributed by atoms with van der Waals surface area (Å²) in [5, 5.41) is 5.61. The van der Waals surface area contributed by atoms with Gasteiger partial charge in [0, 0.05) is 11.4 Å². The highest BCUT2D eigenvalue weighted by Crippen LogP contribution is 2.43. The number of imide groups is 1. The quantitative estimate of drug-likeness (QED) is 0.548. The number of hydrogen-bond donors (Lipinski definition) is 3. The van der Waals surface area contributed by atoms with Gasteiger partial charge in [0.2, 0.25) is 5.91 Å². The van der Waals surface area contributed by atoms with Crippen molar-refractivity contribution >= 4 is 29.2 Å². The summed E-state index contributed by atoms with van der Waals surface area (Å²) in [6.07, 6.45) is 3.01. The summed E-state index contributed by atoms with van der Waals surface area (Å²) in [5.74, 6) is -0.186. The van der Waals surface area contributed by atoms with Gasteiger partial charge in [-0.1, -0.05) is 26.8 Å². The molecule has 0 atom stereocenters. The van der Waals surface area contributed by atoms with E-state index in [4.69, 9.17) is 5.73 Å². The third-order valence-corrected chi connectivity index (χ3v) is 6.15. The third kappa shape index (κ3) is 3.84. The molecule has 7 heteroatoms. The fourth-order valence-electron chi connectivity index (χ4n) is 4.24. The molecule has 4 amide bonds. The standard InChI is InChI=1S/C21H30N4O3/c1-13-5-6-15(22)11-16(13)23-17(26)12-25-18(27)21(24-19(25)28)9-7-14(8-10-21)20(2,3)4/h5-6,11,14H,7-10,12,22H2,1-4H3,(H,23,26)(H,24,28). The predicted molar refractivity (Wildman–Crippen MR) is 109 cm³/mol. The number of carbonyl (C=O) groups is 3. The maximum atomic E-state index is 13.0. The average molecular weight is 386 g/mol. The predicted octanol–water partition coefficient (Wildman–Crippen LogP) is 3.04. The summed E-state index contributed by atoms with van der Waals surface area (Å²) in [5.41, 5.74) is 7.07. The third-order valence-electron chi connectivity index (χ3n) is 6.15. The van der Waals surface area contributed by atoms with Crippen molar-refractivity contribution in [2.24, 2.45) is 11.3 Å². The molecule has 1 spiro atoms. The molecule has 0 aromatic heterocycles. The summed E-state index contributed by atoms with van der Waals surface area (Å²) in [4.78, 5) is 38.9. The van der Waals surface area contributed by atoms with Crippen LogP contribution in [0.4, 0.5) is 16.2 Å². The first kappa shape index (κ1) is 20.2. The molecule has 1 aromatic rings. The van der Waals surface area contributed by atoms with Gasteiger partial charge in [-0.2, -0.15) is 0 Å². The summed E-state index contributed by atoms with van der Waals surface area (Å²) < 4.78 is 0. The maximum absolute atomic E-state index is 13.0. The normalized spacial score (nSPS) is 25.1. The zero-order valence-electron chi connectivity index (χ0n) is 17.1. The van der Waals surface area contributed by atoms with Crippen LogP contribution in [0.25, 0.3) is 0 Å². The van der Waals surface area contributed by atoms with Crippen molar-refractivity contribution in [2.75, 3.05) is 17.6 Å². The molecule has 0 bridgehead atoms. The van der Waals surface area contributed by atoms with Crippen molar-refractivity contribution < 1.29 is 14.4 Å². The molecule has 0 radical (unpaired) electrons. The van der Waals surface area contributed by atoms with Gasteiger partial charge in [0.05, 0.1) is 0 Å². The lowest BCUT2D eigenvalue weighted by molar-refractivity contribution is -0.135. The van der Waals surface area contributed by atoms with Crippen LogP contribution in [-0.2, 0) is 9.59 Å². The smallest absolute Gasteiger partial charge is 0.325 e. The highest BCUT2D eigenvalue weighted by atomic mass is 16.2. The Morgan fingerprint density at radius 3 is 2.54 bits per heavy atom. The van der Waals surface area contributed by atoms with Gasteiger partial charge in [-0.25, -0.2) is 4.79 Å². The molecule has 3 rings (SSSR count). The molecule has 1 saturated heterocycles. The minimum Gasteiger partial charge on any atom is -0.399 e. The van der Waals surface area contributed by atoms with E-state index in [1.165, 1.54) is 0 Å². The van der Waals surface area contributed by atoms with Crippen LogP contribution >= 0.6 is 0 Å². The number of hydrogen-bond acceptors (Lipinski definition) is 4. The number of aryl methyl sites for hydroxylation is 1. The largest absolute Gasteiger partial charge is 0.399 e. The Labute approximate surface area is 166 Å². The van der Waals surface area contributed by atoms with E-state index < -0.39 is 17.5 Å². The van der Waals surface area contributed by atoms with E-state index in [0.717, 1.165) is 23.3 Å². The Morgan fingerprint density at radius 2 is 1.93 bits per heavy atom. The van der Waals surface area contributed by atoms with Crippen LogP contribution < -0.4 is 16.4 Å². The van der Waals surface area contributed by atoms with Crippen molar-refractivity contribution in [1.82, 2.24) is 10.2 Å². The second-order valence-electron chi connectivity index (χ2n) is 9.17. The highest BCUT2D eigenvalue weighted by molar-refractivity contribution is 6.10. The second-order valence-corrected chi connectivity index (χ2v) is 9.17. The lowest BCUT2D eigenvalue weighted by Gasteiger charge is -2.40. The topological polar surface area (TPSA) is 105 Å². The van der Waals surface area contributed by atoms with E-state index in [9.17, 15) is 14.4 Å². The molecule has 28 heavy (non-hydrogen) atoms. The molecule has 1 aromatic carbocycles. The fraction of sp³-hybridized carbons (Fsp3) is 0.571. The van der Waals surface area contributed by atoms with E-state index in [2.05, 4.69) is 31.4 Å². The lowest BCUT2D eigenvalue weighted by Crippen LogP contribution is -2.51. The monoisotopic (exact) mass is 386 g/mol. The van der Waals surface area contributed by atoms with Crippen molar-refractivity contribution in [1.29, 1.82) is 0 Å². The average Bonchev–Trinajstić information content (AvgIpc) is 2.82. The van der Waals surface area contributed by atoms with E-state index in [0.29, 0.717) is 30.1 Å². The summed E-state index contributed by atoms with van der Waals surface area (Å²) in [6.45, 7) is 8.17. The van der Waals surface area contributed by atoms with Crippen molar-refractivity contribution in [3.05, 3.63) is 23.8 Å². The minimum atomic E-state index is -0.855. The summed E-state index contributed by atoms with van der Waals surface area (Å²) in [6, 6.07) is 4.73. The molecule has 1 aliphatic heterocycles. The van der Waals surface area contributed by atoms with Gasteiger partial charge >= 0.3 is 6.03 Å². The molecule has 4 N–H and O–H groups in total. The molecule has 152 valence electrons. The number of rotatable bonds is 3. The molecular formula is C21H30N4O3. The van der Waals surface area contributed by atoms with Gasteiger partial charge in [-0.05, 0) is 61.6 Å². The van der Waals surface area contributed by atoms with Gasteiger partial charge in [-0.15, -0.1) is 0 Å². The number of nitrogens with zero attached hydrogens (tertiary/aromatic N) is 1. The second kappa shape index (κ2) is 7.11. The molecule has 2 fully saturated rings. The van der Waals surface area contributed by atoms with Crippen molar-refractivity contribution in [3.8, 4) is 0 Å². The van der Waals surface area contributed by atoms with Gasteiger partial charge in [0.25, 0.3) is 5.91 Å². The Morgan fingerprint density at radius 1 is 1.29 bits per heavy atom. The molecule has 7 nitrogen and oxygen atoms in total. The van der Waals surface area contributed by atoms with Crippen molar-refractivity contribution in [3.63, 3.8) is 0 Å². The molecule has 1 saturated carbocycles. The molecule has 1 aliphatic carbocycles. The first-order valence-corrected chi connectivity index (χ1v) is 9.82. The van der Waals surface area contributed by atoms with Crippen LogP contribution in [0.2, 0.25) is 0 Å². The minimum absolute atomic E-state index is 0.183. The molecular weight excluding hydrogens is 356 g/mol. The number of carbonyl (C=O) groups excluding carboxylic acids is 3. The highest BCUT2D eigenvalue weighted by Gasteiger charge is 2.53. The number of benzene rings is 1. The Balaban J connectivity index is 1.66. The van der Waals surface area contributed by atoms with Crippen LogP contribution in [0, 0.1) is 18.3 Å². The fourth-order valence-corrected chi connectivity index (χ4v) is 4.24. The first-order valence-electron chi connectivity index (χ1n) is 9.82. The number of nitrogen functional groups attached to an aromatic ring is 1. The zero-order valence-corrected chi connectivity index (χ0v) is 17.1. The van der Waals surface area contributed by atoms with Crippen LogP contribution in [0.5, 0.6) is 0 Å². The molecule has 2 aliphatic rings. The first-order chi connectivity index (χ1) is 13.0. The van der Waals surface area contributed by atoms with Gasteiger partial charge in [0.15, 0.2) is 0 Å². The van der Waals surface area contributed by atoms with Crippen molar-refractivity contribution in [2.45, 2.75) is 58.9 Å². The summed E-state index contributed by atoms with van der Waals surface area (Å²) in [7, 11) is 0. The van der Waals surface area contributed by atoms with E-state index in [1.54, 1.807) is 18.2 Å². The molecule has 0 unspecified atom stereocenters. The van der Waals surface area contributed by atoms with E-state index in [1.807, 2.05) is 6.92 Å². The SMILES string of the molecule is Cc1ccc(N)cc1NC(=O)CN1C(=O)NC2(CCC(C(C)(C)C)CC2)C1=O. The zero-order chi connectivity index (χ0) is 20.7. The Kier molecular flexibility index (Phi) is 5.12. The number of amides is 4. The number of nitrogens with one attached hydrogen (secondary N) is 2. The maximum Gasteiger partial charge on any atom is 0.325 e. The molecule has 1 heterocycles. The van der Waals surface area contributed by atoms with Gasteiger partial charge in [-0.3, -0.25) is 14.5 Å². The van der Waals surface area contributed by atoms with E-state index in [-0.39, 0.29) is 17.9 Å². The van der Waals surface area contributed by atoms with E-state index >= 15 is 0 Å². The summed E-state index contributed by atoms with van der Waals surface area (Å²) >= 11 is 0. The van der Waals surface area contributed by atoms with Crippen LogP contribution in [0.3, 0.4) is 0 Å². The Hall–Kier alpha value is -2.57. The van der Waals surface area contributed by atoms with Gasteiger partial charge in [0.1, 0.15) is 12.1 Å². The van der Waals surface area contributed by atoms with Crippen LogP contribution in [0.1, 0.15) is 52.0 Å². The number of urea groups is 1. The number of nitrogens with two attached hydrogens (primary N) is 1. The van der Waals surface area contributed by atoms with Gasteiger partial charge < -0.3 is 16.4 Å². The van der Waals surface area contributed by atoms with Crippen LogP contribution in [0.15, 0.2) is 18.2 Å². The number of anilines is 2.